The second-order valence-electron chi connectivity index (χ2n) is 6.36. The number of nitrogens with zero attached hydrogens (tertiary/aromatic N) is 2. The Balaban J connectivity index is 1.84. The maximum atomic E-state index is 13.5. The van der Waals surface area contributed by atoms with Gasteiger partial charge in [-0.25, -0.2) is 9.37 Å². The minimum atomic E-state index is -0.186. The summed E-state index contributed by atoms with van der Waals surface area (Å²) in [5.74, 6) is 1.71. The first-order valence-electron chi connectivity index (χ1n) is 8.02. The van der Waals surface area contributed by atoms with Crippen LogP contribution in [0.25, 0.3) is 11.0 Å². The molecule has 0 atom stereocenters. The van der Waals surface area contributed by atoms with Crippen molar-refractivity contribution in [2.75, 3.05) is 13.1 Å². The molecule has 0 spiro atoms. The van der Waals surface area contributed by atoms with Gasteiger partial charge in [-0.1, -0.05) is 0 Å². The molecular weight excluding hydrogens is 265 g/mol. The molecule has 0 amide bonds. The van der Waals surface area contributed by atoms with Crippen LogP contribution in [-0.2, 0) is 6.42 Å². The van der Waals surface area contributed by atoms with E-state index in [9.17, 15) is 4.39 Å². The van der Waals surface area contributed by atoms with Crippen LogP contribution in [0.15, 0.2) is 18.2 Å². The van der Waals surface area contributed by atoms with Gasteiger partial charge in [0.2, 0.25) is 0 Å². The molecule has 0 bridgehead atoms. The molecule has 3 rings (SSSR count). The van der Waals surface area contributed by atoms with Crippen LogP contribution in [0.5, 0.6) is 0 Å². The van der Waals surface area contributed by atoms with E-state index in [0.29, 0.717) is 6.04 Å². The van der Waals surface area contributed by atoms with E-state index in [2.05, 4.69) is 23.7 Å². The lowest BCUT2D eigenvalue weighted by molar-refractivity contribution is 0.350. The van der Waals surface area contributed by atoms with Crippen molar-refractivity contribution >= 4 is 11.0 Å². The number of hydrogen-bond acceptors (Lipinski definition) is 2. The number of fused-ring (bicyclic) bond motifs is 1. The molecule has 2 heterocycles. The van der Waals surface area contributed by atoms with Crippen molar-refractivity contribution < 1.29 is 4.39 Å². The number of nitrogens with one attached hydrogen (secondary N) is 1. The van der Waals surface area contributed by atoms with E-state index < -0.39 is 0 Å². The van der Waals surface area contributed by atoms with Crippen molar-refractivity contribution in [1.82, 2.24) is 14.9 Å². The van der Waals surface area contributed by atoms with Gasteiger partial charge in [-0.3, -0.25) is 0 Å². The van der Waals surface area contributed by atoms with Gasteiger partial charge in [0.1, 0.15) is 11.6 Å². The fourth-order valence-electron chi connectivity index (χ4n) is 3.37. The minimum absolute atomic E-state index is 0.186. The van der Waals surface area contributed by atoms with Crippen molar-refractivity contribution in [2.24, 2.45) is 5.92 Å². The monoisotopic (exact) mass is 289 g/mol. The van der Waals surface area contributed by atoms with Crippen LogP contribution in [0, 0.1) is 11.7 Å². The number of benzene rings is 1. The molecule has 3 nitrogen and oxygen atoms in total. The number of aromatic nitrogens is 2. The summed E-state index contributed by atoms with van der Waals surface area (Å²) in [6.07, 6.45) is 4.69. The van der Waals surface area contributed by atoms with E-state index in [0.717, 1.165) is 42.3 Å². The van der Waals surface area contributed by atoms with Crippen LogP contribution >= 0.6 is 0 Å². The molecule has 1 fully saturated rings. The average molecular weight is 289 g/mol. The highest BCUT2D eigenvalue weighted by Gasteiger charge is 2.17. The van der Waals surface area contributed by atoms with Crippen molar-refractivity contribution in [3.8, 4) is 0 Å². The fourth-order valence-corrected chi connectivity index (χ4v) is 3.37. The lowest BCUT2D eigenvalue weighted by Crippen LogP contribution is -2.28. The van der Waals surface area contributed by atoms with E-state index in [1.165, 1.54) is 25.3 Å². The van der Waals surface area contributed by atoms with Gasteiger partial charge in [-0.2, -0.15) is 0 Å². The highest BCUT2D eigenvalue weighted by molar-refractivity contribution is 5.76. The lowest BCUT2D eigenvalue weighted by atomic mass is 9.93. The van der Waals surface area contributed by atoms with Crippen molar-refractivity contribution in [3.63, 3.8) is 0 Å². The Morgan fingerprint density at radius 3 is 2.81 bits per heavy atom. The van der Waals surface area contributed by atoms with E-state index in [1.807, 2.05) is 0 Å². The van der Waals surface area contributed by atoms with Crippen LogP contribution in [-0.4, -0.2) is 22.6 Å². The van der Waals surface area contributed by atoms with Crippen LogP contribution in [0.2, 0.25) is 0 Å². The number of piperidine rings is 1. The van der Waals surface area contributed by atoms with Gasteiger partial charge < -0.3 is 9.88 Å². The maximum absolute atomic E-state index is 13.5. The number of imidazole rings is 1. The topological polar surface area (TPSA) is 29.9 Å². The Hall–Kier alpha value is -1.42. The van der Waals surface area contributed by atoms with E-state index in [-0.39, 0.29) is 5.82 Å². The van der Waals surface area contributed by atoms with Gasteiger partial charge in [0.15, 0.2) is 0 Å². The predicted molar refractivity (Wildman–Crippen MR) is 84.0 cm³/mol. The third kappa shape index (κ3) is 3.10. The second-order valence-corrected chi connectivity index (χ2v) is 6.36. The molecule has 1 aromatic carbocycles. The summed E-state index contributed by atoms with van der Waals surface area (Å²) in [5, 5.41) is 3.41. The number of halogens is 1. The second kappa shape index (κ2) is 6.14. The standard InChI is InChI=1S/C17H24FN3/c1-12(2)21-16-11-14(18)4-5-15(16)20-17(21)6-3-13-7-9-19-10-8-13/h4-5,11-13,19H,3,6-10H2,1-2H3. The van der Waals surface area contributed by atoms with Gasteiger partial charge in [0.05, 0.1) is 11.0 Å². The Morgan fingerprint density at radius 2 is 2.10 bits per heavy atom. The number of rotatable bonds is 4. The summed E-state index contributed by atoms with van der Waals surface area (Å²) in [4.78, 5) is 4.74. The Bertz CT molecular complexity index is 612. The first-order chi connectivity index (χ1) is 10.1. The zero-order valence-corrected chi connectivity index (χ0v) is 12.9. The third-order valence-electron chi connectivity index (χ3n) is 4.48. The zero-order chi connectivity index (χ0) is 14.8. The quantitative estimate of drug-likeness (QED) is 0.930. The summed E-state index contributed by atoms with van der Waals surface area (Å²) in [6, 6.07) is 5.20. The molecule has 1 aromatic heterocycles. The van der Waals surface area contributed by atoms with Crippen LogP contribution in [0.3, 0.4) is 0 Å². The molecular formula is C17H24FN3. The molecule has 0 radical (unpaired) electrons. The fraction of sp³-hybridized carbons (Fsp3) is 0.588. The van der Waals surface area contributed by atoms with Gasteiger partial charge in [-0.15, -0.1) is 0 Å². The molecule has 114 valence electrons. The summed E-state index contributed by atoms with van der Waals surface area (Å²) >= 11 is 0. The number of hydrogen-bond donors (Lipinski definition) is 1. The molecule has 1 saturated heterocycles. The Kier molecular flexibility index (Phi) is 4.24. The molecule has 21 heavy (non-hydrogen) atoms. The van der Waals surface area contributed by atoms with Crippen LogP contribution in [0.4, 0.5) is 4.39 Å². The van der Waals surface area contributed by atoms with Crippen LogP contribution in [0.1, 0.15) is 45.0 Å². The van der Waals surface area contributed by atoms with Crippen molar-refractivity contribution in [1.29, 1.82) is 0 Å². The highest BCUT2D eigenvalue weighted by Crippen LogP contribution is 2.25. The average Bonchev–Trinajstić information content (AvgIpc) is 2.84. The van der Waals surface area contributed by atoms with Crippen molar-refractivity contribution in [3.05, 3.63) is 29.8 Å². The SMILES string of the molecule is CC(C)n1c(CCC2CCNCC2)nc2ccc(F)cc21. The predicted octanol–water partition coefficient (Wildman–Crippen LogP) is 3.69. The third-order valence-corrected chi connectivity index (χ3v) is 4.48. The summed E-state index contributed by atoms with van der Waals surface area (Å²) in [6.45, 7) is 6.55. The first-order valence-corrected chi connectivity index (χ1v) is 8.02. The highest BCUT2D eigenvalue weighted by atomic mass is 19.1. The first kappa shape index (κ1) is 14.5. The molecule has 2 aromatic rings. The van der Waals surface area contributed by atoms with Gasteiger partial charge in [0, 0.05) is 12.5 Å². The number of aryl methyl sites for hydroxylation is 1. The largest absolute Gasteiger partial charge is 0.325 e. The zero-order valence-electron chi connectivity index (χ0n) is 12.9. The summed E-state index contributed by atoms with van der Waals surface area (Å²) < 4.78 is 15.7. The molecule has 0 unspecified atom stereocenters. The smallest absolute Gasteiger partial charge is 0.125 e. The molecule has 1 aliphatic rings. The lowest BCUT2D eigenvalue weighted by Gasteiger charge is -2.22. The van der Waals surface area contributed by atoms with Gasteiger partial charge in [-0.05, 0) is 70.3 Å². The minimum Gasteiger partial charge on any atom is -0.325 e. The molecule has 4 heteroatoms. The van der Waals surface area contributed by atoms with E-state index in [4.69, 9.17) is 4.98 Å². The van der Waals surface area contributed by atoms with E-state index >= 15 is 0 Å². The van der Waals surface area contributed by atoms with Crippen molar-refractivity contribution in [2.45, 2.75) is 45.6 Å². The van der Waals surface area contributed by atoms with Crippen LogP contribution < -0.4 is 5.32 Å². The maximum Gasteiger partial charge on any atom is 0.125 e. The van der Waals surface area contributed by atoms with Gasteiger partial charge in [0.25, 0.3) is 0 Å². The van der Waals surface area contributed by atoms with E-state index in [1.54, 1.807) is 12.1 Å². The normalized spacial score (nSPS) is 17.0. The summed E-state index contributed by atoms with van der Waals surface area (Å²) in [5.41, 5.74) is 1.83. The molecule has 0 aliphatic carbocycles. The molecule has 0 saturated carbocycles. The summed E-state index contributed by atoms with van der Waals surface area (Å²) in [7, 11) is 0. The molecule has 1 aliphatic heterocycles. The Labute approximate surface area is 125 Å². The molecule has 1 N–H and O–H groups in total. The Morgan fingerprint density at radius 1 is 1.33 bits per heavy atom. The van der Waals surface area contributed by atoms with Gasteiger partial charge >= 0.3 is 0 Å².